The standard InChI is InChI=1S/C17H24O6/c1-4-15(18)21-12-10-8-7-9-11-14(23-17(20)6-3)13-22-16(19)5-2/h4-6,14H,1-3,7-13H2. The Balaban J connectivity index is 3.94. The lowest BCUT2D eigenvalue weighted by atomic mass is 10.1. The Morgan fingerprint density at radius 3 is 1.96 bits per heavy atom. The van der Waals surface area contributed by atoms with Crippen LogP contribution in [0, 0.1) is 0 Å². The van der Waals surface area contributed by atoms with Gasteiger partial charge in [-0.25, -0.2) is 14.4 Å². The molecule has 1 atom stereocenters. The lowest BCUT2D eigenvalue weighted by Gasteiger charge is -2.16. The van der Waals surface area contributed by atoms with Crippen LogP contribution in [0.4, 0.5) is 0 Å². The topological polar surface area (TPSA) is 78.9 Å². The number of hydrogen-bond acceptors (Lipinski definition) is 6. The lowest BCUT2D eigenvalue weighted by Crippen LogP contribution is -2.24. The molecule has 0 spiro atoms. The van der Waals surface area contributed by atoms with Crippen LogP contribution in [0.15, 0.2) is 38.0 Å². The van der Waals surface area contributed by atoms with E-state index in [1.807, 2.05) is 0 Å². The fraction of sp³-hybridized carbons (Fsp3) is 0.471. The van der Waals surface area contributed by atoms with Gasteiger partial charge in [0, 0.05) is 18.2 Å². The number of hydrogen-bond donors (Lipinski definition) is 0. The minimum absolute atomic E-state index is 0.0125. The summed E-state index contributed by atoms with van der Waals surface area (Å²) in [6.07, 6.45) is 6.59. The van der Waals surface area contributed by atoms with Gasteiger partial charge in [-0.2, -0.15) is 0 Å². The summed E-state index contributed by atoms with van der Waals surface area (Å²) in [7, 11) is 0. The first-order chi connectivity index (χ1) is 11.0. The molecular weight excluding hydrogens is 300 g/mol. The van der Waals surface area contributed by atoms with Crippen molar-refractivity contribution >= 4 is 17.9 Å². The second-order valence-corrected chi connectivity index (χ2v) is 4.67. The van der Waals surface area contributed by atoms with E-state index < -0.39 is 24.0 Å². The Kier molecular flexibility index (Phi) is 11.9. The maximum Gasteiger partial charge on any atom is 0.330 e. The Morgan fingerprint density at radius 2 is 1.35 bits per heavy atom. The van der Waals surface area contributed by atoms with Gasteiger partial charge < -0.3 is 14.2 Å². The fourth-order valence-corrected chi connectivity index (χ4v) is 1.68. The van der Waals surface area contributed by atoms with E-state index in [0.717, 1.165) is 43.9 Å². The number of ether oxygens (including phenoxy) is 3. The number of carbonyl (C=O) groups is 3. The molecule has 128 valence electrons. The molecule has 6 heteroatoms. The summed E-state index contributed by atoms with van der Waals surface area (Å²) in [6.45, 7) is 10.3. The van der Waals surface area contributed by atoms with Gasteiger partial charge in [-0.1, -0.05) is 32.6 Å². The van der Waals surface area contributed by atoms with Crippen molar-refractivity contribution in [2.24, 2.45) is 0 Å². The number of esters is 3. The number of carbonyl (C=O) groups excluding carboxylic acids is 3. The van der Waals surface area contributed by atoms with Gasteiger partial charge in [0.2, 0.25) is 0 Å². The highest BCUT2D eigenvalue weighted by atomic mass is 16.6. The molecular formula is C17H24O6. The molecule has 6 nitrogen and oxygen atoms in total. The van der Waals surface area contributed by atoms with Crippen molar-refractivity contribution in [1.82, 2.24) is 0 Å². The molecule has 1 unspecified atom stereocenters. The Hall–Kier alpha value is -2.37. The van der Waals surface area contributed by atoms with Crippen LogP contribution in [0.1, 0.15) is 32.1 Å². The third-order valence-corrected chi connectivity index (χ3v) is 2.86. The molecule has 0 amide bonds. The van der Waals surface area contributed by atoms with Gasteiger partial charge in [0.15, 0.2) is 0 Å². The second kappa shape index (κ2) is 13.3. The van der Waals surface area contributed by atoms with Crippen LogP contribution in [-0.2, 0) is 28.6 Å². The van der Waals surface area contributed by atoms with Gasteiger partial charge in [0.1, 0.15) is 12.7 Å². The first kappa shape index (κ1) is 20.6. The maximum atomic E-state index is 11.2. The summed E-state index contributed by atoms with van der Waals surface area (Å²) in [5, 5.41) is 0. The summed E-state index contributed by atoms with van der Waals surface area (Å²) in [5.74, 6) is -1.54. The monoisotopic (exact) mass is 324 g/mol. The predicted octanol–water partition coefficient (Wildman–Crippen LogP) is 2.49. The van der Waals surface area contributed by atoms with Crippen molar-refractivity contribution in [3.05, 3.63) is 38.0 Å². The molecule has 0 heterocycles. The summed E-state index contributed by atoms with van der Waals surface area (Å²) >= 11 is 0. The highest BCUT2D eigenvalue weighted by Gasteiger charge is 2.14. The first-order valence-electron chi connectivity index (χ1n) is 7.45. The third-order valence-electron chi connectivity index (χ3n) is 2.86. The summed E-state index contributed by atoms with van der Waals surface area (Å²) in [4.78, 5) is 33.1. The Bertz CT molecular complexity index is 427. The molecule has 0 radical (unpaired) electrons. The molecule has 0 N–H and O–H groups in total. The normalized spacial score (nSPS) is 11.0. The summed E-state index contributed by atoms with van der Waals surface area (Å²) < 4.78 is 14.9. The van der Waals surface area contributed by atoms with Crippen molar-refractivity contribution < 1.29 is 28.6 Å². The molecule has 23 heavy (non-hydrogen) atoms. The molecule has 0 fully saturated rings. The second-order valence-electron chi connectivity index (χ2n) is 4.67. The third kappa shape index (κ3) is 11.9. The van der Waals surface area contributed by atoms with Crippen molar-refractivity contribution in [2.75, 3.05) is 13.2 Å². The summed E-state index contributed by atoms with van der Waals surface area (Å²) in [5.41, 5.74) is 0. The smallest absolute Gasteiger partial charge is 0.330 e. The first-order valence-corrected chi connectivity index (χ1v) is 7.45. The van der Waals surface area contributed by atoms with Crippen molar-refractivity contribution in [3.8, 4) is 0 Å². The van der Waals surface area contributed by atoms with E-state index in [4.69, 9.17) is 14.2 Å². The van der Waals surface area contributed by atoms with Gasteiger partial charge in [-0.05, 0) is 19.3 Å². The van der Waals surface area contributed by atoms with Crippen LogP contribution in [0.5, 0.6) is 0 Å². The van der Waals surface area contributed by atoms with Crippen molar-refractivity contribution in [1.29, 1.82) is 0 Å². The molecule has 0 aliphatic carbocycles. The average Bonchev–Trinajstić information content (AvgIpc) is 2.57. The van der Waals surface area contributed by atoms with E-state index >= 15 is 0 Å². The SMILES string of the molecule is C=CC(=O)OCCCCCCC(COC(=O)C=C)OC(=O)C=C. The molecule has 0 saturated heterocycles. The number of unbranched alkanes of at least 4 members (excludes halogenated alkanes) is 3. The minimum atomic E-state index is -0.561. The average molecular weight is 324 g/mol. The van der Waals surface area contributed by atoms with Crippen LogP contribution >= 0.6 is 0 Å². The fourth-order valence-electron chi connectivity index (χ4n) is 1.68. The summed E-state index contributed by atoms with van der Waals surface area (Å²) in [6, 6.07) is 0. The van der Waals surface area contributed by atoms with Crippen molar-refractivity contribution in [3.63, 3.8) is 0 Å². The molecule has 0 aromatic carbocycles. The van der Waals surface area contributed by atoms with Gasteiger partial charge in [0.25, 0.3) is 0 Å². The van der Waals surface area contributed by atoms with E-state index in [1.54, 1.807) is 0 Å². The van der Waals surface area contributed by atoms with E-state index in [0.29, 0.717) is 13.0 Å². The van der Waals surface area contributed by atoms with E-state index in [2.05, 4.69) is 19.7 Å². The van der Waals surface area contributed by atoms with Crippen LogP contribution < -0.4 is 0 Å². The molecule has 0 aliphatic heterocycles. The van der Waals surface area contributed by atoms with E-state index in [-0.39, 0.29) is 6.61 Å². The zero-order valence-electron chi connectivity index (χ0n) is 13.3. The van der Waals surface area contributed by atoms with E-state index in [1.165, 1.54) is 0 Å². The van der Waals surface area contributed by atoms with E-state index in [9.17, 15) is 14.4 Å². The molecule has 0 aromatic heterocycles. The Labute approximate surface area is 136 Å². The quantitative estimate of drug-likeness (QED) is 0.224. The maximum absolute atomic E-state index is 11.2. The lowest BCUT2D eigenvalue weighted by molar-refractivity contribution is -0.153. The Morgan fingerprint density at radius 1 is 0.783 bits per heavy atom. The van der Waals surface area contributed by atoms with Gasteiger partial charge in [-0.3, -0.25) is 0 Å². The van der Waals surface area contributed by atoms with Crippen LogP contribution in [0.2, 0.25) is 0 Å². The van der Waals surface area contributed by atoms with Gasteiger partial charge in [-0.15, -0.1) is 0 Å². The highest BCUT2D eigenvalue weighted by molar-refractivity contribution is 5.82. The van der Waals surface area contributed by atoms with Gasteiger partial charge in [0.05, 0.1) is 6.61 Å². The number of rotatable bonds is 13. The van der Waals surface area contributed by atoms with Crippen molar-refractivity contribution in [2.45, 2.75) is 38.2 Å². The van der Waals surface area contributed by atoms with Crippen LogP contribution in [0.25, 0.3) is 0 Å². The molecule has 0 rings (SSSR count). The van der Waals surface area contributed by atoms with Crippen LogP contribution in [-0.4, -0.2) is 37.2 Å². The molecule has 0 aliphatic rings. The highest BCUT2D eigenvalue weighted by Crippen LogP contribution is 2.10. The largest absolute Gasteiger partial charge is 0.463 e. The zero-order chi connectivity index (χ0) is 17.5. The molecule has 0 aromatic rings. The van der Waals surface area contributed by atoms with Crippen LogP contribution in [0.3, 0.4) is 0 Å². The predicted molar refractivity (Wildman–Crippen MR) is 85.5 cm³/mol. The zero-order valence-corrected chi connectivity index (χ0v) is 13.3. The molecule has 0 saturated carbocycles. The molecule has 0 bridgehead atoms. The van der Waals surface area contributed by atoms with Gasteiger partial charge >= 0.3 is 17.9 Å². The minimum Gasteiger partial charge on any atom is -0.463 e.